The number of aliphatic imine (C=N–C) groups is 1. The lowest BCUT2D eigenvalue weighted by Crippen LogP contribution is -2.39. The minimum absolute atomic E-state index is 0. The summed E-state index contributed by atoms with van der Waals surface area (Å²) in [6.45, 7) is 3.59. The van der Waals surface area contributed by atoms with Crippen molar-refractivity contribution in [3.05, 3.63) is 23.9 Å². The van der Waals surface area contributed by atoms with E-state index in [-0.39, 0.29) is 24.0 Å². The molecule has 1 aliphatic rings. The van der Waals surface area contributed by atoms with Crippen LogP contribution in [0.3, 0.4) is 0 Å². The largest absolute Gasteiger partial charge is 0.381 e. The molecule has 0 unspecified atom stereocenters. The Balaban J connectivity index is 0.00000312. The molecule has 142 valence electrons. The van der Waals surface area contributed by atoms with E-state index in [1.807, 2.05) is 38.3 Å². The summed E-state index contributed by atoms with van der Waals surface area (Å²) in [5, 5.41) is 3.44. The summed E-state index contributed by atoms with van der Waals surface area (Å²) in [6.07, 6.45) is 5.42. The van der Waals surface area contributed by atoms with Gasteiger partial charge in [-0.2, -0.15) is 0 Å². The number of aromatic nitrogens is 1. The Morgan fingerprint density at radius 2 is 2.04 bits per heavy atom. The third-order valence-corrected chi connectivity index (χ3v) is 4.51. The van der Waals surface area contributed by atoms with Crippen molar-refractivity contribution in [3.63, 3.8) is 0 Å². The van der Waals surface area contributed by atoms with Crippen molar-refractivity contribution in [1.82, 2.24) is 15.2 Å². The zero-order valence-corrected chi connectivity index (χ0v) is 18.2. The van der Waals surface area contributed by atoms with Gasteiger partial charge in [-0.3, -0.25) is 4.99 Å². The maximum Gasteiger partial charge on any atom is 0.193 e. The van der Waals surface area contributed by atoms with Crippen LogP contribution in [0.2, 0.25) is 0 Å². The number of ether oxygens (including phenoxy) is 1. The van der Waals surface area contributed by atoms with Crippen LogP contribution in [0, 0.1) is 5.92 Å². The Morgan fingerprint density at radius 3 is 2.68 bits per heavy atom. The predicted octanol–water partition coefficient (Wildman–Crippen LogP) is 2.59. The van der Waals surface area contributed by atoms with Gasteiger partial charge in [0, 0.05) is 60.7 Å². The highest BCUT2D eigenvalue weighted by atomic mass is 127. The minimum atomic E-state index is 0. The molecule has 0 atom stereocenters. The quantitative estimate of drug-likeness (QED) is 0.401. The lowest BCUT2D eigenvalue weighted by molar-refractivity contribution is 0.0625. The van der Waals surface area contributed by atoms with Gasteiger partial charge in [-0.15, -0.1) is 24.0 Å². The van der Waals surface area contributed by atoms with Crippen molar-refractivity contribution < 1.29 is 4.74 Å². The lowest BCUT2D eigenvalue weighted by atomic mass is 9.96. The average molecular weight is 461 g/mol. The van der Waals surface area contributed by atoms with Gasteiger partial charge in [0.2, 0.25) is 0 Å². The summed E-state index contributed by atoms with van der Waals surface area (Å²) >= 11 is 0. The van der Waals surface area contributed by atoms with Gasteiger partial charge in [0.05, 0.1) is 0 Å². The maximum absolute atomic E-state index is 5.43. The molecule has 1 aromatic rings. The smallest absolute Gasteiger partial charge is 0.193 e. The van der Waals surface area contributed by atoms with Crippen molar-refractivity contribution in [1.29, 1.82) is 0 Å². The van der Waals surface area contributed by atoms with E-state index in [0.717, 1.165) is 44.0 Å². The SMILES string of the molecule is CN=C(NCc1ccnc(N(C)C)c1)N(C)CCC1CCOCC1.I. The average Bonchev–Trinajstić information content (AvgIpc) is 2.61. The van der Waals surface area contributed by atoms with Crippen LogP contribution in [0.1, 0.15) is 24.8 Å². The van der Waals surface area contributed by atoms with E-state index in [1.54, 1.807) is 0 Å². The molecule has 0 bridgehead atoms. The van der Waals surface area contributed by atoms with E-state index in [0.29, 0.717) is 0 Å². The maximum atomic E-state index is 5.43. The number of anilines is 1. The number of nitrogens with zero attached hydrogens (tertiary/aromatic N) is 4. The minimum Gasteiger partial charge on any atom is -0.381 e. The summed E-state index contributed by atoms with van der Waals surface area (Å²) in [6, 6.07) is 4.14. The highest BCUT2D eigenvalue weighted by Crippen LogP contribution is 2.18. The molecule has 0 saturated carbocycles. The number of hydrogen-bond acceptors (Lipinski definition) is 4. The van der Waals surface area contributed by atoms with Crippen molar-refractivity contribution in [2.75, 3.05) is 52.8 Å². The third kappa shape index (κ3) is 7.35. The topological polar surface area (TPSA) is 53.0 Å². The van der Waals surface area contributed by atoms with Gasteiger partial charge in [-0.1, -0.05) is 0 Å². The predicted molar refractivity (Wildman–Crippen MR) is 115 cm³/mol. The van der Waals surface area contributed by atoms with Crippen LogP contribution < -0.4 is 10.2 Å². The number of hydrogen-bond donors (Lipinski definition) is 1. The van der Waals surface area contributed by atoms with Gasteiger partial charge in [0.1, 0.15) is 5.82 Å². The fraction of sp³-hybridized carbons (Fsp3) is 0.667. The summed E-state index contributed by atoms with van der Waals surface area (Å²) in [4.78, 5) is 13.0. The van der Waals surface area contributed by atoms with Gasteiger partial charge in [-0.05, 0) is 42.9 Å². The first-order valence-electron chi connectivity index (χ1n) is 8.72. The number of halogens is 1. The zero-order valence-electron chi connectivity index (χ0n) is 15.9. The number of guanidine groups is 1. The molecule has 0 spiro atoms. The summed E-state index contributed by atoms with van der Waals surface area (Å²) in [5.41, 5.74) is 1.20. The molecule has 0 amide bonds. The van der Waals surface area contributed by atoms with Gasteiger partial charge in [0.15, 0.2) is 5.96 Å². The molecule has 0 aliphatic carbocycles. The Morgan fingerprint density at radius 1 is 1.32 bits per heavy atom. The number of rotatable bonds is 6. The number of nitrogens with one attached hydrogen (secondary N) is 1. The molecule has 1 saturated heterocycles. The van der Waals surface area contributed by atoms with Crippen LogP contribution in [-0.4, -0.2) is 63.8 Å². The highest BCUT2D eigenvalue weighted by Gasteiger charge is 2.15. The first kappa shape index (κ1) is 22.0. The van der Waals surface area contributed by atoms with Gasteiger partial charge < -0.3 is 19.9 Å². The van der Waals surface area contributed by atoms with Crippen LogP contribution in [0.5, 0.6) is 0 Å². The summed E-state index contributed by atoms with van der Waals surface area (Å²) < 4.78 is 5.43. The fourth-order valence-corrected chi connectivity index (χ4v) is 2.90. The molecule has 0 aromatic carbocycles. The summed E-state index contributed by atoms with van der Waals surface area (Å²) in [5.74, 6) is 2.68. The second-order valence-corrected chi connectivity index (χ2v) is 6.58. The summed E-state index contributed by atoms with van der Waals surface area (Å²) in [7, 11) is 7.95. The standard InChI is InChI=1S/C18H31N5O.HI/c1-19-18(23(4)10-6-15-7-11-24-12-8-15)21-14-16-5-9-20-17(13-16)22(2)3;/h5,9,13,15H,6-8,10-12,14H2,1-4H3,(H,19,21);1H. The molecule has 25 heavy (non-hydrogen) atoms. The van der Waals surface area contributed by atoms with Crippen LogP contribution in [0.25, 0.3) is 0 Å². The zero-order chi connectivity index (χ0) is 17.4. The molecule has 2 rings (SSSR count). The molecule has 1 aliphatic heterocycles. The van der Waals surface area contributed by atoms with Gasteiger partial charge in [0.25, 0.3) is 0 Å². The molecule has 2 heterocycles. The Hall–Kier alpha value is -1.09. The second-order valence-electron chi connectivity index (χ2n) is 6.58. The fourth-order valence-electron chi connectivity index (χ4n) is 2.90. The van der Waals surface area contributed by atoms with Crippen molar-refractivity contribution in [3.8, 4) is 0 Å². The van der Waals surface area contributed by atoms with Crippen molar-refractivity contribution in [2.45, 2.75) is 25.8 Å². The van der Waals surface area contributed by atoms with Gasteiger partial charge >= 0.3 is 0 Å². The van der Waals surface area contributed by atoms with E-state index in [2.05, 4.69) is 33.3 Å². The van der Waals surface area contributed by atoms with Crippen LogP contribution in [0.15, 0.2) is 23.3 Å². The van der Waals surface area contributed by atoms with E-state index >= 15 is 0 Å². The van der Waals surface area contributed by atoms with Gasteiger partial charge in [-0.25, -0.2) is 4.98 Å². The molecule has 0 radical (unpaired) electrons. The van der Waals surface area contributed by atoms with E-state index in [4.69, 9.17) is 4.74 Å². The second kappa shape index (κ2) is 11.5. The Labute approximate surface area is 169 Å². The van der Waals surface area contributed by atoms with E-state index in [9.17, 15) is 0 Å². The molecule has 1 N–H and O–H groups in total. The first-order chi connectivity index (χ1) is 11.6. The molecule has 6 nitrogen and oxygen atoms in total. The lowest BCUT2D eigenvalue weighted by Gasteiger charge is -2.27. The van der Waals surface area contributed by atoms with Crippen LogP contribution >= 0.6 is 24.0 Å². The number of pyridine rings is 1. The molecular formula is C18H32IN5O. The third-order valence-electron chi connectivity index (χ3n) is 4.51. The molecule has 1 fully saturated rings. The van der Waals surface area contributed by atoms with Crippen LogP contribution in [0.4, 0.5) is 5.82 Å². The molecule has 7 heteroatoms. The van der Waals surface area contributed by atoms with E-state index < -0.39 is 0 Å². The first-order valence-corrected chi connectivity index (χ1v) is 8.72. The normalized spacial score (nSPS) is 15.4. The highest BCUT2D eigenvalue weighted by molar-refractivity contribution is 14.0. The van der Waals surface area contributed by atoms with Crippen LogP contribution in [-0.2, 0) is 11.3 Å². The van der Waals surface area contributed by atoms with Crippen molar-refractivity contribution >= 4 is 35.8 Å². The van der Waals surface area contributed by atoms with E-state index in [1.165, 1.54) is 24.8 Å². The monoisotopic (exact) mass is 461 g/mol. The van der Waals surface area contributed by atoms with Crippen molar-refractivity contribution in [2.24, 2.45) is 10.9 Å². The molecular weight excluding hydrogens is 429 g/mol. The Kier molecular flexibility index (Phi) is 10.1. The Bertz CT molecular complexity index is 532. The molecule has 1 aromatic heterocycles.